The topological polar surface area (TPSA) is 68.9 Å². The summed E-state index contributed by atoms with van der Waals surface area (Å²) in [6, 6.07) is 0. The maximum Gasteiger partial charge on any atom is 0.268 e. The minimum absolute atomic E-state index is 0.241. The number of hydrogen-bond donors (Lipinski definition) is 1. The molecular weight excluding hydrogens is 210 g/mol. The first-order valence-corrected chi connectivity index (χ1v) is 5.96. The first kappa shape index (κ1) is 12.0. The molecule has 1 amide bonds. The maximum absolute atomic E-state index is 10.9. The summed E-state index contributed by atoms with van der Waals surface area (Å²) in [4.78, 5) is 19.4. The molecule has 1 rings (SSSR count). The minimum Gasteiger partial charge on any atom is -0.364 e. The smallest absolute Gasteiger partial charge is 0.268 e. The van der Waals surface area contributed by atoms with E-state index in [-0.39, 0.29) is 5.69 Å². The van der Waals surface area contributed by atoms with Crippen LogP contribution in [0.4, 0.5) is 0 Å². The first-order chi connectivity index (χ1) is 7.19. The van der Waals surface area contributed by atoms with Gasteiger partial charge in [-0.2, -0.15) is 0 Å². The number of thioether (sulfide) groups is 1. The molecule has 0 aliphatic carbocycles. The van der Waals surface area contributed by atoms with Gasteiger partial charge in [0.25, 0.3) is 5.91 Å². The van der Waals surface area contributed by atoms with Crippen molar-refractivity contribution in [1.82, 2.24) is 9.97 Å². The lowest BCUT2D eigenvalue weighted by atomic mass is 10.2. The molecule has 82 valence electrons. The molecule has 4 nitrogen and oxygen atoms in total. The van der Waals surface area contributed by atoms with E-state index in [9.17, 15) is 4.79 Å². The summed E-state index contributed by atoms with van der Waals surface area (Å²) >= 11 is 1.59. The van der Waals surface area contributed by atoms with Crippen LogP contribution in [-0.4, -0.2) is 21.6 Å². The van der Waals surface area contributed by atoms with Crippen LogP contribution < -0.4 is 5.73 Å². The number of nitrogens with zero attached hydrogens (tertiary/aromatic N) is 2. The number of amides is 1. The third kappa shape index (κ3) is 3.20. The SMILES string of the molecule is CCCc1ncc(C(N)=O)nc1SCC. The molecule has 5 heteroatoms. The summed E-state index contributed by atoms with van der Waals surface area (Å²) in [6.45, 7) is 4.13. The summed E-state index contributed by atoms with van der Waals surface area (Å²) < 4.78 is 0. The van der Waals surface area contributed by atoms with Gasteiger partial charge in [0.05, 0.1) is 11.9 Å². The van der Waals surface area contributed by atoms with E-state index in [0.717, 1.165) is 29.3 Å². The highest BCUT2D eigenvalue weighted by Crippen LogP contribution is 2.19. The lowest BCUT2D eigenvalue weighted by Gasteiger charge is -2.06. The van der Waals surface area contributed by atoms with E-state index in [1.165, 1.54) is 6.20 Å². The van der Waals surface area contributed by atoms with Gasteiger partial charge in [-0.15, -0.1) is 11.8 Å². The highest BCUT2D eigenvalue weighted by molar-refractivity contribution is 7.99. The number of nitrogens with two attached hydrogens (primary N) is 1. The van der Waals surface area contributed by atoms with Crippen LogP contribution in [0.3, 0.4) is 0 Å². The Morgan fingerprint density at radius 1 is 1.53 bits per heavy atom. The van der Waals surface area contributed by atoms with Crippen LogP contribution >= 0.6 is 11.8 Å². The van der Waals surface area contributed by atoms with Crippen molar-refractivity contribution < 1.29 is 4.79 Å². The second-order valence-electron chi connectivity index (χ2n) is 3.05. The molecule has 0 aromatic carbocycles. The van der Waals surface area contributed by atoms with Crippen molar-refractivity contribution in [2.24, 2.45) is 5.73 Å². The lowest BCUT2D eigenvalue weighted by molar-refractivity contribution is 0.0994. The van der Waals surface area contributed by atoms with Gasteiger partial charge in [0.15, 0.2) is 0 Å². The zero-order valence-corrected chi connectivity index (χ0v) is 9.80. The number of rotatable bonds is 5. The van der Waals surface area contributed by atoms with Crippen LogP contribution in [0.25, 0.3) is 0 Å². The normalized spacial score (nSPS) is 10.3. The molecule has 0 saturated heterocycles. The molecule has 0 radical (unpaired) electrons. The zero-order chi connectivity index (χ0) is 11.3. The predicted molar refractivity (Wildman–Crippen MR) is 60.9 cm³/mol. The largest absolute Gasteiger partial charge is 0.364 e. The third-order valence-electron chi connectivity index (χ3n) is 1.83. The molecule has 1 aromatic heterocycles. The lowest BCUT2D eigenvalue weighted by Crippen LogP contribution is -2.14. The number of aromatic nitrogens is 2. The van der Waals surface area contributed by atoms with Crippen molar-refractivity contribution in [1.29, 1.82) is 0 Å². The van der Waals surface area contributed by atoms with E-state index in [4.69, 9.17) is 5.73 Å². The highest BCUT2D eigenvalue weighted by Gasteiger charge is 2.09. The van der Waals surface area contributed by atoms with Crippen molar-refractivity contribution in [2.75, 3.05) is 5.75 Å². The molecule has 1 heterocycles. The molecule has 1 aromatic rings. The van der Waals surface area contributed by atoms with Gasteiger partial charge in [-0.05, 0) is 12.2 Å². The van der Waals surface area contributed by atoms with Gasteiger partial charge in [0.1, 0.15) is 10.7 Å². The van der Waals surface area contributed by atoms with Gasteiger partial charge in [-0.3, -0.25) is 9.78 Å². The Bertz CT molecular complexity index is 355. The number of primary amides is 1. The van der Waals surface area contributed by atoms with Crippen LogP contribution in [0.5, 0.6) is 0 Å². The molecular formula is C10H15N3OS. The second-order valence-corrected chi connectivity index (χ2v) is 4.31. The van der Waals surface area contributed by atoms with E-state index in [2.05, 4.69) is 16.9 Å². The average Bonchev–Trinajstić information content (AvgIpc) is 2.21. The summed E-state index contributed by atoms with van der Waals surface area (Å²) in [6.07, 6.45) is 3.35. The Kier molecular flexibility index (Phi) is 4.55. The van der Waals surface area contributed by atoms with Crippen molar-refractivity contribution in [3.63, 3.8) is 0 Å². The highest BCUT2D eigenvalue weighted by atomic mass is 32.2. The summed E-state index contributed by atoms with van der Waals surface area (Å²) in [7, 11) is 0. The molecule has 15 heavy (non-hydrogen) atoms. The van der Waals surface area contributed by atoms with Crippen LogP contribution in [-0.2, 0) is 6.42 Å². The van der Waals surface area contributed by atoms with Crippen LogP contribution in [0.1, 0.15) is 36.5 Å². The molecule has 0 aliphatic rings. The zero-order valence-electron chi connectivity index (χ0n) is 8.99. The van der Waals surface area contributed by atoms with Gasteiger partial charge < -0.3 is 5.73 Å². The molecule has 0 atom stereocenters. The third-order valence-corrected chi connectivity index (χ3v) is 2.72. The van der Waals surface area contributed by atoms with Gasteiger partial charge in [0.2, 0.25) is 0 Å². The molecule has 0 spiro atoms. The van der Waals surface area contributed by atoms with Crippen molar-refractivity contribution >= 4 is 17.7 Å². The number of hydrogen-bond acceptors (Lipinski definition) is 4. The molecule has 0 aliphatic heterocycles. The number of carbonyl (C=O) groups excluding carboxylic acids is 1. The van der Waals surface area contributed by atoms with Crippen LogP contribution in [0, 0.1) is 0 Å². The van der Waals surface area contributed by atoms with Gasteiger partial charge in [0, 0.05) is 0 Å². The quantitative estimate of drug-likeness (QED) is 0.773. The van der Waals surface area contributed by atoms with Gasteiger partial charge in [-0.1, -0.05) is 20.3 Å². The predicted octanol–water partition coefficient (Wildman–Crippen LogP) is 1.64. The fraction of sp³-hybridized carbons (Fsp3) is 0.500. The standard InChI is InChI=1S/C10H15N3OS/c1-3-5-7-10(15-4-2)13-8(6-12-7)9(11)14/h6H,3-5H2,1-2H3,(H2,11,14). The molecule has 2 N–H and O–H groups in total. The Labute approximate surface area is 93.7 Å². The Morgan fingerprint density at radius 3 is 2.80 bits per heavy atom. The Balaban J connectivity index is 3.02. The molecule has 0 unspecified atom stereocenters. The first-order valence-electron chi connectivity index (χ1n) is 4.97. The second kappa shape index (κ2) is 5.70. The summed E-state index contributed by atoms with van der Waals surface area (Å²) in [5.41, 5.74) is 6.35. The van der Waals surface area contributed by atoms with Gasteiger partial charge >= 0.3 is 0 Å². The van der Waals surface area contributed by atoms with E-state index >= 15 is 0 Å². The fourth-order valence-electron chi connectivity index (χ4n) is 1.18. The summed E-state index contributed by atoms with van der Waals surface area (Å²) in [5, 5.41) is 0.829. The van der Waals surface area contributed by atoms with Crippen molar-refractivity contribution in [2.45, 2.75) is 31.7 Å². The van der Waals surface area contributed by atoms with Crippen molar-refractivity contribution in [3.05, 3.63) is 17.6 Å². The van der Waals surface area contributed by atoms with Crippen LogP contribution in [0.15, 0.2) is 11.2 Å². The van der Waals surface area contributed by atoms with E-state index in [1.807, 2.05) is 6.92 Å². The average molecular weight is 225 g/mol. The van der Waals surface area contributed by atoms with E-state index in [0.29, 0.717) is 0 Å². The summed E-state index contributed by atoms with van der Waals surface area (Å²) in [5.74, 6) is 0.386. The Hall–Kier alpha value is -1.10. The minimum atomic E-state index is -0.525. The fourth-order valence-corrected chi connectivity index (χ4v) is 1.93. The van der Waals surface area contributed by atoms with Gasteiger partial charge in [-0.25, -0.2) is 4.98 Å². The van der Waals surface area contributed by atoms with Crippen molar-refractivity contribution in [3.8, 4) is 0 Å². The molecule has 0 saturated carbocycles. The molecule has 0 fully saturated rings. The Morgan fingerprint density at radius 2 is 2.27 bits per heavy atom. The van der Waals surface area contributed by atoms with Crippen LogP contribution in [0.2, 0.25) is 0 Å². The maximum atomic E-state index is 10.9. The monoisotopic (exact) mass is 225 g/mol. The van der Waals surface area contributed by atoms with E-state index in [1.54, 1.807) is 11.8 Å². The van der Waals surface area contributed by atoms with E-state index < -0.39 is 5.91 Å². The number of carbonyl (C=O) groups is 1. The molecule has 0 bridgehead atoms. The number of aryl methyl sites for hydroxylation is 1.